The molecule has 90 valence electrons. The lowest BCUT2D eigenvalue weighted by molar-refractivity contribution is 1.22. The number of hydrogen-bond donors (Lipinski definition) is 0. The van der Waals surface area contributed by atoms with Gasteiger partial charge in [-0.3, -0.25) is 0 Å². The lowest BCUT2D eigenvalue weighted by atomic mass is 10.1. The van der Waals surface area contributed by atoms with Crippen molar-refractivity contribution < 1.29 is 0 Å². The minimum absolute atomic E-state index is 0.398. The normalized spacial score (nSPS) is 12.9. The molecule has 0 amide bonds. The number of rotatable bonds is 1. The third-order valence-corrected chi connectivity index (χ3v) is 5.15. The molecule has 1 aromatic carbocycles. The third-order valence-electron chi connectivity index (χ3n) is 1.89. The van der Waals surface area contributed by atoms with E-state index in [0.717, 1.165) is 16.5 Å². The molecule has 7 heteroatoms. The van der Waals surface area contributed by atoms with Gasteiger partial charge in [-0.05, 0) is 22.8 Å². The van der Waals surface area contributed by atoms with Crippen LogP contribution in [-0.2, 0) is 9.62 Å². The molecular weight excluding hydrogens is 667 g/mol. The first-order chi connectivity index (χ1) is 7.16. The van der Waals surface area contributed by atoms with Crippen LogP contribution < -0.4 is 0 Å². The Bertz CT molecular complexity index is 374. The summed E-state index contributed by atoms with van der Waals surface area (Å²) in [5.41, 5.74) is 3.39. The van der Waals surface area contributed by atoms with Gasteiger partial charge in [0.05, 0.1) is 0 Å². The number of halogens is 7. The van der Waals surface area contributed by atoms with Gasteiger partial charge in [0.15, 0.2) is 4.29 Å². The predicted molar refractivity (Wildman–Crippen MR) is 96.0 cm³/mol. The van der Waals surface area contributed by atoms with E-state index < -0.39 is 4.29 Å². The van der Waals surface area contributed by atoms with E-state index in [0.29, 0.717) is 0 Å². The summed E-state index contributed by atoms with van der Waals surface area (Å²) in [6.07, 6.45) is 0. The van der Waals surface area contributed by atoms with Gasteiger partial charge >= 0.3 is 0 Å². The highest BCUT2D eigenvalue weighted by Crippen LogP contribution is 2.50. The van der Waals surface area contributed by atoms with Crippen molar-refractivity contribution in [3.63, 3.8) is 0 Å². The van der Waals surface area contributed by atoms with Crippen molar-refractivity contribution in [2.24, 2.45) is 0 Å². The Morgan fingerprint density at radius 1 is 0.875 bits per heavy atom. The van der Waals surface area contributed by atoms with Crippen molar-refractivity contribution in [3.05, 3.63) is 34.9 Å². The average molecular weight is 672 g/mol. The molecule has 16 heavy (non-hydrogen) atoms. The van der Waals surface area contributed by atoms with Crippen LogP contribution >= 0.6 is 112 Å². The van der Waals surface area contributed by atoms with Gasteiger partial charge in [0, 0.05) is 5.33 Å². The van der Waals surface area contributed by atoms with E-state index in [1.165, 1.54) is 5.56 Å². The Labute approximate surface area is 154 Å². The lowest BCUT2D eigenvalue weighted by Crippen LogP contribution is -2.06. The number of benzene rings is 1. The Balaban J connectivity index is 3.34. The van der Waals surface area contributed by atoms with Gasteiger partial charge < -0.3 is 0 Å². The second-order valence-electron chi connectivity index (χ2n) is 3.00. The molecule has 0 aliphatic rings. The summed E-state index contributed by atoms with van der Waals surface area (Å²) >= 11 is 24.6. The largest absolute Gasteiger partial charge is 0.160 e. The number of hydrogen-bond acceptors (Lipinski definition) is 0. The van der Waals surface area contributed by atoms with E-state index in [1.807, 2.05) is 0 Å². The van der Waals surface area contributed by atoms with E-state index in [1.54, 1.807) is 0 Å². The molecule has 0 aromatic heterocycles. The first-order valence-corrected chi connectivity index (χ1v) is 9.87. The van der Waals surface area contributed by atoms with Crippen LogP contribution in [0.4, 0.5) is 0 Å². The molecule has 0 aliphatic heterocycles. The summed E-state index contributed by atoms with van der Waals surface area (Å²) in [6.45, 7) is 0. The quantitative estimate of drug-likeness (QED) is 0.278. The van der Waals surface area contributed by atoms with Crippen LogP contribution in [0.2, 0.25) is 0 Å². The Morgan fingerprint density at radius 2 is 1.44 bits per heavy atom. The lowest BCUT2D eigenvalue weighted by Gasteiger charge is -2.21. The van der Waals surface area contributed by atoms with Crippen molar-refractivity contribution in [1.29, 1.82) is 0 Å². The number of alkyl halides is 7. The molecule has 0 atom stereocenters. The zero-order chi connectivity index (χ0) is 12.6. The topological polar surface area (TPSA) is 0 Å². The molecule has 0 spiro atoms. The molecule has 0 unspecified atom stereocenters. The first kappa shape index (κ1) is 16.6. The fraction of sp³-hybridized carbons (Fsp3) is 0.333. The minimum atomic E-state index is -0.412. The van der Waals surface area contributed by atoms with Gasteiger partial charge in [0.2, 0.25) is 0 Å². The fourth-order valence-electron chi connectivity index (χ4n) is 1.13. The molecule has 0 N–H and O–H groups in total. The van der Waals surface area contributed by atoms with E-state index in [2.05, 4.69) is 130 Å². The van der Waals surface area contributed by atoms with Crippen molar-refractivity contribution in [2.45, 2.75) is 9.62 Å². The zero-order valence-electron chi connectivity index (χ0n) is 7.58. The Hall–Kier alpha value is 2.58. The molecular formula is C9H5Br7. The monoisotopic (exact) mass is 665 g/mol. The van der Waals surface area contributed by atoms with Crippen LogP contribution in [0.25, 0.3) is 0 Å². The minimum Gasteiger partial charge on any atom is -0.0876 e. The maximum Gasteiger partial charge on any atom is 0.160 e. The molecule has 0 saturated heterocycles. The van der Waals surface area contributed by atoms with Crippen molar-refractivity contribution in [2.75, 3.05) is 0 Å². The van der Waals surface area contributed by atoms with Gasteiger partial charge in [0.25, 0.3) is 0 Å². The summed E-state index contributed by atoms with van der Waals surface area (Å²) < 4.78 is -0.810. The average Bonchev–Trinajstić information content (AvgIpc) is 2.14. The van der Waals surface area contributed by atoms with E-state index in [4.69, 9.17) is 0 Å². The second-order valence-corrected chi connectivity index (χ2v) is 17.1. The van der Waals surface area contributed by atoms with Crippen LogP contribution in [0.1, 0.15) is 16.7 Å². The molecule has 1 rings (SSSR count). The second kappa shape index (κ2) is 6.35. The highest BCUT2D eigenvalue weighted by Gasteiger charge is 2.28. The predicted octanol–water partition coefficient (Wildman–Crippen LogP) is 7.17. The third kappa shape index (κ3) is 4.60. The summed E-state index contributed by atoms with van der Waals surface area (Å²) in [5, 5.41) is 0.799. The van der Waals surface area contributed by atoms with Gasteiger partial charge in [0.1, 0.15) is 0 Å². The Morgan fingerprint density at radius 3 is 1.81 bits per heavy atom. The summed E-state index contributed by atoms with van der Waals surface area (Å²) in [6, 6.07) is 6.22. The molecule has 0 fully saturated rings. The standard InChI is InChI=1S/C9H5Br7/c10-4-5-1-2-6(8(11,12)13)3-7(5)9(14,15)16/h1-3H,4H2. The molecule has 0 saturated carbocycles. The highest BCUT2D eigenvalue weighted by atomic mass is 80.0. The van der Waals surface area contributed by atoms with Crippen molar-refractivity contribution in [3.8, 4) is 0 Å². The Kier molecular flexibility index (Phi) is 6.60. The maximum absolute atomic E-state index is 3.55. The summed E-state index contributed by atoms with van der Waals surface area (Å²) in [4.78, 5) is 0. The zero-order valence-corrected chi connectivity index (χ0v) is 18.7. The smallest absolute Gasteiger partial charge is 0.0876 e. The molecule has 0 bridgehead atoms. The molecule has 0 radical (unpaired) electrons. The van der Waals surface area contributed by atoms with Crippen LogP contribution in [0.5, 0.6) is 0 Å². The fourth-order valence-corrected chi connectivity index (χ4v) is 3.47. The molecule has 1 aromatic rings. The first-order valence-electron chi connectivity index (χ1n) is 3.99. The van der Waals surface area contributed by atoms with Crippen LogP contribution in [0.15, 0.2) is 18.2 Å². The highest BCUT2D eigenvalue weighted by molar-refractivity contribution is 9.39. The van der Waals surface area contributed by atoms with Crippen LogP contribution in [0, 0.1) is 0 Å². The van der Waals surface area contributed by atoms with Gasteiger partial charge in [-0.15, -0.1) is 0 Å². The van der Waals surface area contributed by atoms with Gasteiger partial charge in [-0.1, -0.05) is 124 Å². The van der Waals surface area contributed by atoms with E-state index in [-0.39, 0.29) is 0 Å². The molecule has 0 nitrogen and oxygen atoms in total. The van der Waals surface area contributed by atoms with E-state index in [9.17, 15) is 0 Å². The SMILES string of the molecule is BrCc1ccc(C(Br)(Br)Br)cc1C(Br)(Br)Br. The van der Waals surface area contributed by atoms with Crippen molar-refractivity contribution >= 4 is 112 Å². The molecule has 0 heterocycles. The molecule has 0 aliphatic carbocycles. The van der Waals surface area contributed by atoms with Gasteiger partial charge in [-0.2, -0.15) is 0 Å². The van der Waals surface area contributed by atoms with E-state index >= 15 is 0 Å². The summed E-state index contributed by atoms with van der Waals surface area (Å²) in [5.74, 6) is 0. The summed E-state index contributed by atoms with van der Waals surface area (Å²) in [7, 11) is 0. The van der Waals surface area contributed by atoms with Crippen molar-refractivity contribution in [1.82, 2.24) is 0 Å². The van der Waals surface area contributed by atoms with Crippen LogP contribution in [0.3, 0.4) is 0 Å². The van der Waals surface area contributed by atoms with Crippen LogP contribution in [-0.4, -0.2) is 0 Å². The maximum atomic E-state index is 3.55. The van der Waals surface area contributed by atoms with Gasteiger partial charge in [-0.25, -0.2) is 0 Å².